The van der Waals surface area contributed by atoms with Crippen LogP contribution in [0.2, 0.25) is 5.02 Å². The van der Waals surface area contributed by atoms with Gasteiger partial charge in [-0.2, -0.15) is 0 Å². The molecule has 4 aromatic rings. The van der Waals surface area contributed by atoms with Crippen LogP contribution in [0.1, 0.15) is 10.4 Å². The van der Waals surface area contributed by atoms with Crippen LogP contribution in [-0.2, 0) is 0 Å². The molecular weight excluding hydrogens is 440 g/mol. The van der Waals surface area contributed by atoms with Crippen molar-refractivity contribution in [2.24, 2.45) is 0 Å². The van der Waals surface area contributed by atoms with Crippen LogP contribution < -0.4 is 5.32 Å². The first-order valence-corrected chi connectivity index (χ1v) is 9.65. The summed E-state index contributed by atoms with van der Waals surface area (Å²) in [7, 11) is 0. The number of nitrogens with one attached hydrogen (secondary N) is 1. The van der Waals surface area contributed by atoms with Crippen molar-refractivity contribution in [2.45, 2.75) is 0 Å². The minimum Gasteiger partial charge on any atom is -0.436 e. The van der Waals surface area contributed by atoms with Crippen molar-refractivity contribution in [3.8, 4) is 22.8 Å². The monoisotopic (exact) mass is 452 g/mol. The van der Waals surface area contributed by atoms with Gasteiger partial charge in [-0.1, -0.05) is 45.7 Å². The molecule has 1 amide bonds. The van der Waals surface area contributed by atoms with E-state index in [0.29, 0.717) is 33.5 Å². The maximum Gasteiger partial charge on any atom is 0.256 e. The molecule has 0 aliphatic rings. The molecule has 6 heteroatoms. The summed E-state index contributed by atoms with van der Waals surface area (Å²) in [5.41, 5.74) is 2.66. The van der Waals surface area contributed by atoms with Crippen molar-refractivity contribution in [3.63, 3.8) is 0 Å². The van der Waals surface area contributed by atoms with Crippen molar-refractivity contribution in [1.82, 2.24) is 4.98 Å². The zero-order valence-corrected chi connectivity index (χ0v) is 16.9. The quantitative estimate of drug-likeness (QED) is 0.375. The molecule has 1 aromatic heterocycles. The Kier molecular flexibility index (Phi) is 5.28. The van der Waals surface area contributed by atoms with Crippen LogP contribution in [0.4, 0.5) is 5.69 Å². The molecule has 28 heavy (non-hydrogen) atoms. The lowest BCUT2D eigenvalue weighted by Crippen LogP contribution is -2.13. The third-order valence-corrected chi connectivity index (χ3v) is 4.86. The lowest BCUT2D eigenvalue weighted by molar-refractivity contribution is 0.102. The highest BCUT2D eigenvalue weighted by atomic mass is 79.9. The molecule has 4 rings (SSSR count). The van der Waals surface area contributed by atoms with Gasteiger partial charge in [0.25, 0.3) is 5.91 Å². The van der Waals surface area contributed by atoms with Crippen LogP contribution in [0.15, 0.2) is 87.9 Å². The lowest BCUT2D eigenvalue weighted by Gasteiger charge is -2.08. The largest absolute Gasteiger partial charge is 0.436 e. The predicted molar refractivity (Wildman–Crippen MR) is 114 cm³/mol. The number of hydrogen-bond acceptors (Lipinski definition) is 3. The van der Waals surface area contributed by atoms with Crippen molar-refractivity contribution in [3.05, 3.63) is 94.1 Å². The van der Waals surface area contributed by atoms with Gasteiger partial charge in [-0.15, -0.1) is 0 Å². The predicted octanol–water partition coefficient (Wildman–Crippen LogP) is 6.68. The second kappa shape index (κ2) is 8.00. The average molecular weight is 454 g/mol. The molecule has 0 fully saturated rings. The van der Waals surface area contributed by atoms with E-state index in [-0.39, 0.29) is 5.91 Å². The second-order valence-electron chi connectivity index (χ2n) is 6.05. The Hall–Kier alpha value is -2.89. The van der Waals surface area contributed by atoms with E-state index >= 15 is 0 Å². The number of benzene rings is 3. The smallest absolute Gasteiger partial charge is 0.256 e. The van der Waals surface area contributed by atoms with Crippen LogP contribution in [0.25, 0.3) is 22.8 Å². The number of anilines is 1. The fraction of sp³-hybridized carbons (Fsp3) is 0. The maximum atomic E-state index is 12.8. The molecule has 0 aliphatic heterocycles. The molecular formula is C22H14BrClN2O2. The molecule has 0 saturated heterocycles. The second-order valence-corrected chi connectivity index (χ2v) is 7.40. The highest BCUT2D eigenvalue weighted by Gasteiger charge is 2.17. The standard InChI is InChI=1S/C22H14BrClN2O2/c23-15-4-3-5-17(12-15)26-21(27)18-6-1-2-7-19(18)22-25-13-20(28-22)14-8-10-16(24)11-9-14/h1-13H,(H,26,27). The normalized spacial score (nSPS) is 10.6. The minimum absolute atomic E-state index is 0.236. The van der Waals surface area contributed by atoms with Crippen molar-refractivity contribution < 1.29 is 9.21 Å². The lowest BCUT2D eigenvalue weighted by atomic mass is 10.1. The van der Waals surface area contributed by atoms with Crippen LogP contribution in [0.3, 0.4) is 0 Å². The van der Waals surface area contributed by atoms with Gasteiger partial charge < -0.3 is 9.73 Å². The summed E-state index contributed by atoms with van der Waals surface area (Å²) in [5.74, 6) is 0.749. The molecule has 0 spiro atoms. The van der Waals surface area contributed by atoms with E-state index in [1.165, 1.54) is 0 Å². The number of carbonyl (C=O) groups excluding carboxylic acids is 1. The summed E-state index contributed by atoms with van der Waals surface area (Å²) >= 11 is 9.34. The number of halogens is 2. The fourth-order valence-corrected chi connectivity index (χ4v) is 3.30. The highest BCUT2D eigenvalue weighted by molar-refractivity contribution is 9.10. The van der Waals surface area contributed by atoms with Crippen molar-refractivity contribution in [1.29, 1.82) is 0 Å². The maximum absolute atomic E-state index is 12.8. The molecule has 1 heterocycles. The number of rotatable bonds is 4. The van der Waals surface area contributed by atoms with Gasteiger partial charge >= 0.3 is 0 Å². The number of amides is 1. The van der Waals surface area contributed by atoms with Crippen LogP contribution in [-0.4, -0.2) is 10.9 Å². The van der Waals surface area contributed by atoms with Crippen LogP contribution in [0.5, 0.6) is 0 Å². The molecule has 0 saturated carbocycles. The summed E-state index contributed by atoms with van der Waals surface area (Å²) in [4.78, 5) is 17.2. The molecule has 0 bridgehead atoms. The van der Waals surface area contributed by atoms with Crippen LogP contribution in [0, 0.1) is 0 Å². The number of aromatic nitrogens is 1. The first kappa shape index (κ1) is 18.5. The Labute approximate surface area is 175 Å². The van der Waals surface area contributed by atoms with E-state index in [2.05, 4.69) is 26.2 Å². The van der Waals surface area contributed by atoms with Gasteiger partial charge in [0.2, 0.25) is 5.89 Å². The molecule has 1 N–H and O–H groups in total. The average Bonchev–Trinajstić information content (AvgIpc) is 3.18. The molecule has 3 aromatic carbocycles. The molecule has 0 unspecified atom stereocenters. The van der Waals surface area contributed by atoms with E-state index in [1.807, 2.05) is 54.6 Å². The van der Waals surface area contributed by atoms with Gasteiger partial charge in [-0.05, 0) is 54.6 Å². The number of nitrogens with zero attached hydrogens (tertiary/aromatic N) is 1. The van der Waals surface area contributed by atoms with Crippen LogP contribution >= 0.6 is 27.5 Å². The minimum atomic E-state index is -0.236. The zero-order chi connectivity index (χ0) is 19.5. The Morgan fingerprint density at radius 1 is 1.00 bits per heavy atom. The molecule has 4 nitrogen and oxygen atoms in total. The van der Waals surface area contributed by atoms with Crippen molar-refractivity contribution in [2.75, 3.05) is 5.32 Å². The van der Waals surface area contributed by atoms with E-state index in [4.69, 9.17) is 16.0 Å². The topological polar surface area (TPSA) is 55.1 Å². The van der Waals surface area contributed by atoms with Crippen molar-refractivity contribution >= 4 is 39.1 Å². The number of hydrogen-bond donors (Lipinski definition) is 1. The third kappa shape index (κ3) is 4.01. The summed E-state index contributed by atoms with van der Waals surface area (Å²) in [5, 5.41) is 3.55. The number of carbonyl (C=O) groups is 1. The Morgan fingerprint density at radius 3 is 2.57 bits per heavy atom. The zero-order valence-electron chi connectivity index (χ0n) is 14.5. The van der Waals surface area contributed by atoms with E-state index in [0.717, 1.165) is 10.0 Å². The summed E-state index contributed by atoms with van der Waals surface area (Å²) in [6.07, 6.45) is 1.64. The Morgan fingerprint density at radius 2 is 1.79 bits per heavy atom. The van der Waals surface area contributed by atoms with E-state index in [9.17, 15) is 4.79 Å². The van der Waals surface area contributed by atoms with E-state index < -0.39 is 0 Å². The molecule has 0 aliphatic carbocycles. The fourth-order valence-electron chi connectivity index (χ4n) is 2.78. The Bertz CT molecular complexity index is 1140. The highest BCUT2D eigenvalue weighted by Crippen LogP contribution is 2.29. The molecule has 138 valence electrons. The van der Waals surface area contributed by atoms with Gasteiger partial charge in [0.15, 0.2) is 5.76 Å². The first-order valence-electron chi connectivity index (χ1n) is 8.48. The molecule has 0 atom stereocenters. The van der Waals surface area contributed by atoms with E-state index in [1.54, 1.807) is 24.4 Å². The summed E-state index contributed by atoms with van der Waals surface area (Å²) < 4.78 is 6.80. The van der Waals surface area contributed by atoms with Gasteiger partial charge in [0.1, 0.15) is 0 Å². The first-order chi connectivity index (χ1) is 13.6. The molecule has 0 radical (unpaired) electrons. The van der Waals surface area contributed by atoms with Gasteiger partial charge in [-0.25, -0.2) is 4.98 Å². The SMILES string of the molecule is O=C(Nc1cccc(Br)c1)c1ccccc1-c1ncc(-c2ccc(Cl)cc2)o1. The summed E-state index contributed by atoms with van der Waals surface area (Å²) in [6.45, 7) is 0. The van der Waals surface area contributed by atoms with Gasteiger partial charge in [0, 0.05) is 26.3 Å². The third-order valence-electron chi connectivity index (χ3n) is 4.12. The summed E-state index contributed by atoms with van der Waals surface area (Å²) in [6, 6.07) is 21.9. The number of oxazole rings is 1. The Balaban J connectivity index is 1.65. The van der Waals surface area contributed by atoms with Gasteiger partial charge in [0.05, 0.1) is 11.8 Å². The van der Waals surface area contributed by atoms with Gasteiger partial charge in [-0.3, -0.25) is 4.79 Å².